The van der Waals surface area contributed by atoms with E-state index in [4.69, 9.17) is 5.73 Å². The van der Waals surface area contributed by atoms with Crippen molar-refractivity contribution >= 4 is 22.1 Å². The Bertz CT molecular complexity index is 839. The van der Waals surface area contributed by atoms with Crippen molar-refractivity contribution in [1.82, 2.24) is 10.2 Å². The number of benzene rings is 2. The molecule has 1 aromatic heterocycles. The highest BCUT2D eigenvalue weighted by atomic mass is 16.1. The zero-order chi connectivity index (χ0) is 14.1. The smallest absolute Gasteiger partial charge is 0.272 e. The number of nitrogens with two attached hydrogens (primary N) is 1. The number of aromatic nitrogens is 2. The predicted octanol–water partition coefficient (Wildman–Crippen LogP) is 2.21. The van der Waals surface area contributed by atoms with Gasteiger partial charge in [0.2, 0.25) is 0 Å². The van der Waals surface area contributed by atoms with Gasteiger partial charge in [0.05, 0.1) is 22.5 Å². The third kappa shape index (κ3) is 1.89. The number of nitrogens with zero attached hydrogens (tertiary/aromatic N) is 1. The Morgan fingerprint density at radius 3 is 2.60 bits per heavy atom. The largest absolute Gasteiger partial charge is 0.397 e. The van der Waals surface area contributed by atoms with Gasteiger partial charge in [-0.3, -0.25) is 4.79 Å². The van der Waals surface area contributed by atoms with Crippen molar-refractivity contribution in [3.63, 3.8) is 0 Å². The van der Waals surface area contributed by atoms with Crippen LogP contribution in [0.5, 0.6) is 0 Å². The van der Waals surface area contributed by atoms with Crippen LogP contribution in [-0.4, -0.2) is 17.2 Å². The molecule has 1 heterocycles. The van der Waals surface area contributed by atoms with Crippen LogP contribution in [0.25, 0.3) is 22.0 Å². The highest BCUT2D eigenvalue weighted by Gasteiger charge is 2.09. The number of fused-ring (bicyclic) bond motifs is 1. The topological polar surface area (TPSA) is 83.8 Å². The van der Waals surface area contributed by atoms with Gasteiger partial charge in [-0.1, -0.05) is 24.3 Å². The van der Waals surface area contributed by atoms with E-state index in [-0.39, 0.29) is 5.56 Å². The van der Waals surface area contributed by atoms with Crippen LogP contribution >= 0.6 is 0 Å². The lowest BCUT2D eigenvalue weighted by molar-refractivity contribution is 1.02. The first-order valence-electron chi connectivity index (χ1n) is 6.26. The summed E-state index contributed by atoms with van der Waals surface area (Å²) in [6.07, 6.45) is 0. The van der Waals surface area contributed by atoms with E-state index in [9.17, 15) is 4.79 Å². The van der Waals surface area contributed by atoms with Crippen LogP contribution in [0.4, 0.5) is 11.4 Å². The minimum Gasteiger partial charge on any atom is -0.397 e. The lowest BCUT2D eigenvalue weighted by Gasteiger charge is -2.09. The predicted molar refractivity (Wildman–Crippen MR) is 81.8 cm³/mol. The second-order valence-corrected chi connectivity index (χ2v) is 4.50. The molecule has 0 saturated heterocycles. The molecule has 5 heteroatoms. The Labute approximate surface area is 115 Å². The van der Waals surface area contributed by atoms with Gasteiger partial charge in [0.1, 0.15) is 0 Å². The molecule has 0 radical (unpaired) electrons. The molecule has 0 aliphatic rings. The molecule has 0 fully saturated rings. The molecule has 0 aliphatic heterocycles. The lowest BCUT2D eigenvalue weighted by atomic mass is 10.0. The molecule has 5 nitrogen and oxygen atoms in total. The number of aromatic amines is 1. The van der Waals surface area contributed by atoms with Gasteiger partial charge < -0.3 is 11.1 Å². The van der Waals surface area contributed by atoms with Crippen LogP contribution in [0.15, 0.2) is 47.3 Å². The fourth-order valence-electron chi connectivity index (χ4n) is 2.27. The number of nitrogens with one attached hydrogen (secondary N) is 2. The fourth-order valence-corrected chi connectivity index (χ4v) is 2.27. The normalized spacial score (nSPS) is 10.7. The first-order chi connectivity index (χ1) is 9.70. The Morgan fingerprint density at radius 2 is 1.90 bits per heavy atom. The maximum absolute atomic E-state index is 11.8. The molecule has 0 atom stereocenters. The summed E-state index contributed by atoms with van der Waals surface area (Å²) in [7, 11) is 1.82. The number of hydrogen-bond donors (Lipinski definition) is 3. The standard InChI is InChI=1S/C15H14N4O/c1-17-13-7-6-9(8-12(13)16)14-10-4-2-3-5-11(10)15(20)19-18-14/h2-8,17H,16H2,1H3,(H,19,20). The third-order valence-electron chi connectivity index (χ3n) is 3.29. The van der Waals surface area contributed by atoms with E-state index in [1.807, 2.05) is 43.4 Å². The summed E-state index contributed by atoms with van der Waals surface area (Å²) in [5.74, 6) is 0. The third-order valence-corrected chi connectivity index (χ3v) is 3.29. The maximum atomic E-state index is 11.8. The molecule has 4 N–H and O–H groups in total. The molecule has 3 aromatic rings. The zero-order valence-electron chi connectivity index (χ0n) is 11.0. The summed E-state index contributed by atoms with van der Waals surface area (Å²) in [5.41, 5.74) is 8.88. The summed E-state index contributed by atoms with van der Waals surface area (Å²) in [6.45, 7) is 0. The average Bonchev–Trinajstić information content (AvgIpc) is 2.48. The molecular weight excluding hydrogens is 252 g/mol. The van der Waals surface area contributed by atoms with Gasteiger partial charge in [0.25, 0.3) is 5.56 Å². The van der Waals surface area contributed by atoms with Crippen LogP contribution < -0.4 is 16.6 Å². The number of anilines is 2. The maximum Gasteiger partial charge on any atom is 0.272 e. The van der Waals surface area contributed by atoms with Crippen LogP contribution in [0.1, 0.15) is 0 Å². The number of nitrogen functional groups attached to an aromatic ring is 1. The van der Waals surface area contributed by atoms with Crippen molar-refractivity contribution in [2.45, 2.75) is 0 Å². The number of H-pyrrole nitrogens is 1. The van der Waals surface area contributed by atoms with E-state index < -0.39 is 0 Å². The van der Waals surface area contributed by atoms with Crippen LogP contribution in [0, 0.1) is 0 Å². The SMILES string of the molecule is CNc1ccc(-c2n[nH]c(=O)c3ccccc23)cc1N. The molecule has 0 unspecified atom stereocenters. The first-order valence-corrected chi connectivity index (χ1v) is 6.26. The second kappa shape index (κ2) is 4.70. The Balaban J connectivity index is 2.27. The fraction of sp³-hybridized carbons (Fsp3) is 0.0667. The summed E-state index contributed by atoms with van der Waals surface area (Å²) in [5, 5.41) is 11.1. The van der Waals surface area contributed by atoms with Crippen molar-refractivity contribution in [1.29, 1.82) is 0 Å². The Morgan fingerprint density at radius 1 is 1.15 bits per heavy atom. The van der Waals surface area contributed by atoms with E-state index in [0.717, 1.165) is 22.3 Å². The van der Waals surface area contributed by atoms with Crippen LogP contribution in [-0.2, 0) is 0 Å². The molecule has 2 aromatic carbocycles. The molecule has 0 saturated carbocycles. The Kier molecular flexibility index (Phi) is 2.87. The summed E-state index contributed by atoms with van der Waals surface area (Å²) in [4.78, 5) is 11.8. The van der Waals surface area contributed by atoms with Gasteiger partial charge >= 0.3 is 0 Å². The van der Waals surface area contributed by atoms with Gasteiger partial charge in [0, 0.05) is 18.0 Å². The van der Waals surface area contributed by atoms with Crippen molar-refractivity contribution < 1.29 is 0 Å². The molecule has 0 spiro atoms. The summed E-state index contributed by atoms with van der Waals surface area (Å²) >= 11 is 0. The highest BCUT2D eigenvalue weighted by Crippen LogP contribution is 2.28. The molecule has 0 amide bonds. The molecule has 20 heavy (non-hydrogen) atoms. The van der Waals surface area contributed by atoms with E-state index >= 15 is 0 Å². The van der Waals surface area contributed by atoms with Crippen molar-refractivity contribution in [2.24, 2.45) is 0 Å². The molecule has 0 aliphatic carbocycles. The minimum atomic E-state index is -0.191. The molecule has 100 valence electrons. The van der Waals surface area contributed by atoms with Gasteiger partial charge in [-0.2, -0.15) is 5.10 Å². The van der Waals surface area contributed by atoms with Gasteiger partial charge in [-0.25, -0.2) is 5.10 Å². The summed E-state index contributed by atoms with van der Waals surface area (Å²) < 4.78 is 0. The quantitative estimate of drug-likeness (QED) is 0.621. The van der Waals surface area contributed by atoms with Gasteiger partial charge in [-0.05, 0) is 18.2 Å². The number of rotatable bonds is 2. The van der Waals surface area contributed by atoms with Crippen LogP contribution in [0.2, 0.25) is 0 Å². The van der Waals surface area contributed by atoms with Crippen molar-refractivity contribution in [3.05, 3.63) is 52.8 Å². The van der Waals surface area contributed by atoms with Gasteiger partial charge in [0.15, 0.2) is 0 Å². The van der Waals surface area contributed by atoms with Gasteiger partial charge in [-0.15, -0.1) is 0 Å². The monoisotopic (exact) mass is 266 g/mol. The highest BCUT2D eigenvalue weighted by molar-refractivity contribution is 5.94. The van der Waals surface area contributed by atoms with Crippen molar-refractivity contribution in [2.75, 3.05) is 18.1 Å². The second-order valence-electron chi connectivity index (χ2n) is 4.50. The van der Waals surface area contributed by atoms with E-state index in [2.05, 4.69) is 15.5 Å². The average molecular weight is 266 g/mol. The van der Waals surface area contributed by atoms with Crippen molar-refractivity contribution in [3.8, 4) is 11.3 Å². The minimum absolute atomic E-state index is 0.191. The lowest BCUT2D eigenvalue weighted by Crippen LogP contribution is -2.09. The molecular formula is C15H14N4O. The molecule has 3 rings (SSSR count). The van der Waals surface area contributed by atoms with E-state index in [1.54, 1.807) is 6.07 Å². The zero-order valence-corrected chi connectivity index (χ0v) is 11.0. The van der Waals surface area contributed by atoms with Crippen LogP contribution in [0.3, 0.4) is 0 Å². The first kappa shape index (κ1) is 12.2. The van der Waals surface area contributed by atoms with E-state index in [1.165, 1.54) is 0 Å². The molecule has 0 bridgehead atoms. The van der Waals surface area contributed by atoms with E-state index in [0.29, 0.717) is 11.1 Å². The summed E-state index contributed by atoms with van der Waals surface area (Å²) in [6, 6.07) is 13.1. The Hall–Kier alpha value is -2.82. The number of hydrogen-bond acceptors (Lipinski definition) is 4.